The molecular formula is C47H44N6O4. The molecule has 7 aromatic rings. The predicted octanol–water partition coefficient (Wildman–Crippen LogP) is 7.36. The second kappa shape index (κ2) is 16.5. The number of carbonyl (C=O) groups is 3. The second-order valence-electron chi connectivity index (χ2n) is 14.5. The van der Waals surface area contributed by atoms with Crippen LogP contribution in [0.4, 0.5) is 11.4 Å². The number of hydrogen-bond donors (Lipinski definition) is 5. The van der Waals surface area contributed by atoms with Gasteiger partial charge in [-0.05, 0) is 107 Å². The molecule has 7 rings (SSSR count). The number of nitrogens with two attached hydrogens (primary N) is 2. The number of benzene rings is 5. The molecule has 10 heteroatoms. The number of carboxylic acid groups (broad SMARTS) is 1. The van der Waals surface area contributed by atoms with Crippen LogP contribution in [0, 0.1) is 13.8 Å². The monoisotopic (exact) mass is 756 g/mol. The Morgan fingerprint density at radius 2 is 1.39 bits per heavy atom. The summed E-state index contributed by atoms with van der Waals surface area (Å²) in [6.07, 6.45) is 7.38. The first-order chi connectivity index (χ1) is 27.6. The number of nitrogens with one attached hydrogen (secondary N) is 2. The molecule has 3 unspecified atom stereocenters. The van der Waals surface area contributed by atoms with Crippen LogP contribution in [0.15, 0.2) is 140 Å². The quantitative estimate of drug-likeness (QED) is 0.0760. The molecule has 3 atom stereocenters. The molecule has 0 bridgehead atoms. The Labute approximate surface area is 331 Å². The maximum atomic E-state index is 15.0. The Morgan fingerprint density at radius 3 is 2.05 bits per heavy atom. The van der Waals surface area contributed by atoms with Gasteiger partial charge in [-0.15, -0.1) is 0 Å². The summed E-state index contributed by atoms with van der Waals surface area (Å²) in [6.45, 7) is 3.50. The topological polar surface area (TPSA) is 173 Å². The SMILES string of the molecule is Cc1ccc(C(=O)O)c(C)c1Cc1cccc(C(C(=O)Cc2ccccc2)C(N)C(CN)(Nc2ccc3cnccc3c2)C(=O)Nc2ccc3cnccc3c2)c1. The molecule has 0 radical (unpaired) electrons. The van der Waals surface area contributed by atoms with Crippen molar-refractivity contribution < 1.29 is 19.5 Å². The van der Waals surface area contributed by atoms with Crippen LogP contribution in [0.2, 0.25) is 0 Å². The number of hydrogen-bond acceptors (Lipinski definition) is 8. The third-order valence-electron chi connectivity index (χ3n) is 10.9. The Bertz CT molecular complexity index is 2610. The standard InChI is InChI=1S/C47H44N6O4/c1-29-11-16-40(45(55)56)30(2)41(29)22-32-9-6-10-35(21-32)43(42(54)23-31-7-4-3-5-8-31)44(49)47(28-48,53-39-15-13-37-27-51-20-18-34(37)25-39)46(57)52-38-14-12-36-26-50-19-17-33(36)24-38/h3-21,24-27,43-44,53H,22-23,28,48-49H2,1-2H3,(H,52,57)(H,55,56). The van der Waals surface area contributed by atoms with Crippen molar-refractivity contribution in [1.82, 2.24) is 9.97 Å². The third-order valence-corrected chi connectivity index (χ3v) is 10.9. The molecule has 57 heavy (non-hydrogen) atoms. The summed E-state index contributed by atoms with van der Waals surface area (Å²) in [6, 6.07) is 34.2. The number of nitrogens with zero attached hydrogens (tertiary/aromatic N) is 2. The number of amides is 1. The number of aromatic nitrogens is 2. The lowest BCUT2D eigenvalue weighted by Gasteiger charge is -2.41. The lowest BCUT2D eigenvalue weighted by atomic mass is 9.74. The van der Waals surface area contributed by atoms with Crippen LogP contribution in [0.5, 0.6) is 0 Å². The van der Waals surface area contributed by atoms with Crippen molar-refractivity contribution in [2.75, 3.05) is 17.2 Å². The Balaban J connectivity index is 1.34. The van der Waals surface area contributed by atoms with E-state index >= 15 is 0 Å². The number of aromatic carboxylic acids is 1. The Kier molecular flexibility index (Phi) is 11.2. The van der Waals surface area contributed by atoms with Gasteiger partial charge < -0.3 is 27.2 Å². The lowest BCUT2D eigenvalue weighted by Crippen LogP contribution is -2.68. The molecular weight excluding hydrogens is 713 g/mol. The van der Waals surface area contributed by atoms with Gasteiger partial charge in [0, 0.05) is 59.9 Å². The summed E-state index contributed by atoms with van der Waals surface area (Å²) in [7, 11) is 0. The highest BCUT2D eigenvalue weighted by Crippen LogP contribution is 2.34. The minimum atomic E-state index is -1.72. The van der Waals surface area contributed by atoms with Crippen molar-refractivity contribution in [2.24, 2.45) is 11.5 Å². The average molecular weight is 757 g/mol. The van der Waals surface area contributed by atoms with E-state index in [-0.39, 0.29) is 24.3 Å². The minimum absolute atomic E-state index is 0.0618. The fourth-order valence-electron chi connectivity index (χ4n) is 7.68. The number of rotatable bonds is 14. The molecule has 2 heterocycles. The summed E-state index contributed by atoms with van der Waals surface area (Å²) in [4.78, 5) is 50.2. The first-order valence-corrected chi connectivity index (χ1v) is 18.8. The normalized spacial score (nSPS) is 13.4. The number of fused-ring (bicyclic) bond motifs is 2. The number of ketones is 1. The van der Waals surface area contributed by atoms with Crippen LogP contribution in [0.25, 0.3) is 21.5 Å². The molecule has 1 amide bonds. The highest BCUT2D eigenvalue weighted by atomic mass is 16.4. The van der Waals surface area contributed by atoms with Gasteiger partial charge in [0.25, 0.3) is 5.91 Å². The largest absolute Gasteiger partial charge is 0.478 e. The van der Waals surface area contributed by atoms with Crippen molar-refractivity contribution in [3.63, 3.8) is 0 Å². The van der Waals surface area contributed by atoms with Crippen LogP contribution in [0.3, 0.4) is 0 Å². The van der Waals surface area contributed by atoms with Crippen LogP contribution in [-0.2, 0) is 22.4 Å². The summed E-state index contributed by atoms with van der Waals surface area (Å²) in [5.74, 6) is -2.70. The Hall–Kier alpha value is -6.75. The van der Waals surface area contributed by atoms with E-state index < -0.39 is 29.4 Å². The molecule has 0 aliphatic heterocycles. The fraction of sp³-hybridized carbons (Fsp3) is 0.170. The van der Waals surface area contributed by atoms with Crippen LogP contribution in [0.1, 0.15) is 49.7 Å². The molecule has 10 nitrogen and oxygen atoms in total. The number of carbonyl (C=O) groups excluding carboxylic acids is 2. The summed E-state index contributed by atoms with van der Waals surface area (Å²) in [5.41, 5.74) is 18.5. The van der Waals surface area contributed by atoms with Gasteiger partial charge in [-0.25, -0.2) is 4.79 Å². The maximum absolute atomic E-state index is 15.0. The van der Waals surface area contributed by atoms with Crippen molar-refractivity contribution in [3.05, 3.63) is 179 Å². The molecule has 0 aliphatic rings. The van der Waals surface area contributed by atoms with Crippen LogP contribution in [-0.4, -0.2) is 50.9 Å². The van der Waals surface area contributed by atoms with E-state index in [9.17, 15) is 19.5 Å². The van der Waals surface area contributed by atoms with E-state index in [0.717, 1.165) is 43.8 Å². The summed E-state index contributed by atoms with van der Waals surface area (Å²) in [5, 5.41) is 20.0. The van der Waals surface area contributed by atoms with Gasteiger partial charge in [0.2, 0.25) is 0 Å². The Morgan fingerprint density at radius 1 is 0.737 bits per heavy atom. The van der Waals surface area contributed by atoms with Crippen molar-refractivity contribution in [2.45, 2.75) is 44.2 Å². The van der Waals surface area contributed by atoms with E-state index in [4.69, 9.17) is 11.5 Å². The smallest absolute Gasteiger partial charge is 0.335 e. The first-order valence-electron chi connectivity index (χ1n) is 18.8. The molecule has 0 aliphatic carbocycles. The molecule has 0 spiro atoms. The fourth-order valence-corrected chi connectivity index (χ4v) is 7.68. The highest BCUT2D eigenvalue weighted by molar-refractivity contribution is 6.04. The van der Waals surface area contributed by atoms with Crippen molar-refractivity contribution >= 4 is 50.6 Å². The number of anilines is 2. The van der Waals surface area contributed by atoms with Crippen molar-refractivity contribution in [1.29, 1.82) is 0 Å². The number of Topliss-reactive ketones (excluding diaryl/α,β-unsaturated/α-hetero) is 1. The molecule has 0 saturated heterocycles. The molecule has 5 aromatic carbocycles. The summed E-state index contributed by atoms with van der Waals surface area (Å²) >= 11 is 0. The minimum Gasteiger partial charge on any atom is -0.478 e. The van der Waals surface area contributed by atoms with E-state index in [1.54, 1.807) is 36.9 Å². The molecule has 0 saturated carbocycles. The van der Waals surface area contributed by atoms with Crippen LogP contribution < -0.4 is 22.1 Å². The zero-order chi connectivity index (χ0) is 40.1. The van der Waals surface area contributed by atoms with Gasteiger partial charge in [-0.1, -0.05) is 72.8 Å². The van der Waals surface area contributed by atoms with Crippen molar-refractivity contribution in [3.8, 4) is 0 Å². The van der Waals surface area contributed by atoms with Gasteiger partial charge in [0.1, 0.15) is 11.3 Å². The average Bonchev–Trinajstić information content (AvgIpc) is 3.21. The third kappa shape index (κ3) is 8.14. The zero-order valence-corrected chi connectivity index (χ0v) is 31.8. The van der Waals surface area contributed by atoms with E-state index in [1.807, 2.05) is 117 Å². The first kappa shape index (κ1) is 38.5. The number of aryl methyl sites for hydroxylation is 1. The van der Waals surface area contributed by atoms with E-state index in [0.29, 0.717) is 28.9 Å². The van der Waals surface area contributed by atoms with Gasteiger partial charge in [0.15, 0.2) is 0 Å². The molecule has 0 fully saturated rings. The molecule has 7 N–H and O–H groups in total. The second-order valence-corrected chi connectivity index (χ2v) is 14.5. The maximum Gasteiger partial charge on any atom is 0.335 e. The van der Waals surface area contributed by atoms with Gasteiger partial charge >= 0.3 is 5.97 Å². The molecule has 2 aromatic heterocycles. The highest BCUT2D eigenvalue weighted by Gasteiger charge is 2.49. The number of pyridine rings is 2. The van der Waals surface area contributed by atoms with E-state index in [2.05, 4.69) is 20.6 Å². The zero-order valence-electron chi connectivity index (χ0n) is 31.8. The van der Waals surface area contributed by atoms with Crippen LogP contribution >= 0.6 is 0 Å². The van der Waals surface area contributed by atoms with Gasteiger partial charge in [0.05, 0.1) is 17.5 Å². The number of carboxylic acids is 1. The van der Waals surface area contributed by atoms with Gasteiger partial charge in [-0.2, -0.15) is 0 Å². The lowest BCUT2D eigenvalue weighted by molar-refractivity contribution is -0.123. The predicted molar refractivity (Wildman–Crippen MR) is 226 cm³/mol. The van der Waals surface area contributed by atoms with Gasteiger partial charge in [-0.3, -0.25) is 19.6 Å². The summed E-state index contributed by atoms with van der Waals surface area (Å²) < 4.78 is 0. The molecule has 286 valence electrons. The van der Waals surface area contributed by atoms with E-state index in [1.165, 1.54) is 0 Å².